The Kier molecular flexibility index (Phi) is 4.04. The molecule has 96 valence electrons. The van der Waals surface area contributed by atoms with Crippen molar-refractivity contribution in [3.8, 4) is 11.4 Å². The molecule has 0 aliphatic carbocycles. The minimum absolute atomic E-state index is 0.490. The van der Waals surface area contributed by atoms with Crippen LogP contribution in [0.4, 0.5) is 0 Å². The molecule has 2 heterocycles. The average molecular weight is 246 g/mol. The van der Waals surface area contributed by atoms with Gasteiger partial charge in [-0.05, 0) is 17.5 Å². The van der Waals surface area contributed by atoms with E-state index in [0.717, 1.165) is 11.4 Å². The van der Waals surface area contributed by atoms with Gasteiger partial charge in [-0.2, -0.15) is 0 Å². The van der Waals surface area contributed by atoms with Crippen molar-refractivity contribution < 1.29 is 4.74 Å². The van der Waals surface area contributed by atoms with Gasteiger partial charge in [-0.3, -0.25) is 4.98 Å². The molecular formula is C13H18N4O. The minimum atomic E-state index is 0.490. The Hall–Kier alpha value is -1.75. The zero-order chi connectivity index (χ0) is 13.0. The molecule has 2 aromatic heterocycles. The molecule has 0 fully saturated rings. The van der Waals surface area contributed by atoms with Crippen molar-refractivity contribution >= 4 is 0 Å². The SMILES string of the molecule is COCCn1cc(-c2ccc(C(C)C)cn2)nn1. The molecule has 0 saturated heterocycles. The molecule has 0 aromatic carbocycles. The number of aromatic nitrogens is 4. The molecule has 0 N–H and O–H groups in total. The zero-order valence-electron chi connectivity index (χ0n) is 11.0. The summed E-state index contributed by atoms with van der Waals surface area (Å²) in [7, 11) is 1.67. The van der Waals surface area contributed by atoms with E-state index in [2.05, 4.69) is 35.2 Å². The van der Waals surface area contributed by atoms with Gasteiger partial charge in [0.2, 0.25) is 0 Å². The third-order valence-corrected chi connectivity index (χ3v) is 2.78. The Bertz CT molecular complexity index is 490. The second-order valence-corrected chi connectivity index (χ2v) is 4.49. The van der Waals surface area contributed by atoms with Crippen molar-refractivity contribution in [1.82, 2.24) is 20.0 Å². The van der Waals surface area contributed by atoms with Crippen LogP contribution in [0.1, 0.15) is 25.3 Å². The molecule has 0 unspecified atom stereocenters. The summed E-state index contributed by atoms with van der Waals surface area (Å²) in [5.74, 6) is 0.490. The van der Waals surface area contributed by atoms with Gasteiger partial charge in [0.25, 0.3) is 0 Å². The molecule has 18 heavy (non-hydrogen) atoms. The smallest absolute Gasteiger partial charge is 0.131 e. The average Bonchev–Trinajstić information content (AvgIpc) is 2.85. The molecule has 5 nitrogen and oxygen atoms in total. The number of pyridine rings is 1. The van der Waals surface area contributed by atoms with Gasteiger partial charge in [0.05, 0.1) is 25.0 Å². The van der Waals surface area contributed by atoms with Crippen molar-refractivity contribution in [3.05, 3.63) is 30.1 Å². The van der Waals surface area contributed by atoms with Crippen molar-refractivity contribution in [1.29, 1.82) is 0 Å². The molecule has 0 aliphatic heterocycles. The van der Waals surface area contributed by atoms with Gasteiger partial charge in [0.15, 0.2) is 0 Å². The molecule has 2 rings (SSSR count). The number of hydrogen-bond acceptors (Lipinski definition) is 4. The van der Waals surface area contributed by atoms with Crippen LogP contribution >= 0.6 is 0 Å². The van der Waals surface area contributed by atoms with Crippen molar-refractivity contribution in [2.75, 3.05) is 13.7 Å². The Labute approximate surface area is 107 Å². The maximum Gasteiger partial charge on any atom is 0.131 e. The highest BCUT2D eigenvalue weighted by atomic mass is 16.5. The summed E-state index contributed by atoms with van der Waals surface area (Å²) >= 11 is 0. The third-order valence-electron chi connectivity index (χ3n) is 2.78. The van der Waals surface area contributed by atoms with Gasteiger partial charge in [-0.1, -0.05) is 25.1 Å². The van der Waals surface area contributed by atoms with Crippen LogP contribution in [0.3, 0.4) is 0 Å². The van der Waals surface area contributed by atoms with Crippen LogP contribution in [0.5, 0.6) is 0 Å². The number of methoxy groups -OCH3 is 1. The van der Waals surface area contributed by atoms with E-state index in [-0.39, 0.29) is 0 Å². The second kappa shape index (κ2) is 5.73. The Balaban J connectivity index is 2.13. The van der Waals surface area contributed by atoms with Crippen molar-refractivity contribution in [2.24, 2.45) is 0 Å². The van der Waals surface area contributed by atoms with Crippen LogP contribution in [-0.4, -0.2) is 33.7 Å². The van der Waals surface area contributed by atoms with E-state index in [4.69, 9.17) is 4.74 Å². The van der Waals surface area contributed by atoms with Crippen LogP contribution in [0.15, 0.2) is 24.5 Å². The predicted molar refractivity (Wildman–Crippen MR) is 69.2 cm³/mol. The van der Waals surface area contributed by atoms with Crippen LogP contribution in [0.25, 0.3) is 11.4 Å². The van der Waals surface area contributed by atoms with Gasteiger partial charge in [-0.15, -0.1) is 5.10 Å². The van der Waals surface area contributed by atoms with Gasteiger partial charge in [-0.25, -0.2) is 4.68 Å². The van der Waals surface area contributed by atoms with Crippen LogP contribution in [-0.2, 0) is 11.3 Å². The van der Waals surface area contributed by atoms with Crippen molar-refractivity contribution in [2.45, 2.75) is 26.3 Å². The lowest BCUT2D eigenvalue weighted by Crippen LogP contribution is -2.04. The highest BCUT2D eigenvalue weighted by Crippen LogP contribution is 2.17. The summed E-state index contributed by atoms with van der Waals surface area (Å²) in [5, 5.41) is 8.14. The normalized spacial score (nSPS) is 11.1. The summed E-state index contributed by atoms with van der Waals surface area (Å²) in [4.78, 5) is 4.42. The van der Waals surface area contributed by atoms with Crippen LogP contribution in [0.2, 0.25) is 0 Å². The first kappa shape index (κ1) is 12.7. The molecule has 2 aromatic rings. The first-order valence-corrected chi connectivity index (χ1v) is 6.06. The quantitative estimate of drug-likeness (QED) is 0.810. The first-order valence-electron chi connectivity index (χ1n) is 6.06. The summed E-state index contributed by atoms with van der Waals surface area (Å²) in [5.41, 5.74) is 2.87. The predicted octanol–water partition coefficient (Wildman–Crippen LogP) is 2.11. The third kappa shape index (κ3) is 2.92. The maximum atomic E-state index is 5.00. The van der Waals surface area contributed by atoms with Crippen LogP contribution < -0.4 is 0 Å². The van der Waals surface area contributed by atoms with E-state index < -0.39 is 0 Å². The highest BCUT2D eigenvalue weighted by Gasteiger charge is 2.06. The highest BCUT2D eigenvalue weighted by molar-refractivity contribution is 5.52. The lowest BCUT2D eigenvalue weighted by molar-refractivity contribution is 0.183. The summed E-state index contributed by atoms with van der Waals surface area (Å²) < 4.78 is 6.76. The van der Waals surface area contributed by atoms with E-state index in [1.54, 1.807) is 11.8 Å². The number of ether oxygens (including phenoxy) is 1. The maximum absolute atomic E-state index is 5.00. The molecule has 0 bridgehead atoms. The molecule has 0 atom stereocenters. The molecular weight excluding hydrogens is 228 g/mol. The van der Waals surface area contributed by atoms with E-state index in [1.807, 2.05) is 18.5 Å². The molecule has 0 aliphatic rings. The zero-order valence-corrected chi connectivity index (χ0v) is 11.0. The Morgan fingerprint density at radius 2 is 2.11 bits per heavy atom. The lowest BCUT2D eigenvalue weighted by Gasteiger charge is -2.04. The fourth-order valence-corrected chi connectivity index (χ4v) is 1.61. The van der Waals surface area contributed by atoms with E-state index in [0.29, 0.717) is 19.1 Å². The number of nitrogens with zero attached hydrogens (tertiary/aromatic N) is 4. The first-order chi connectivity index (χ1) is 8.70. The Morgan fingerprint density at radius 1 is 1.28 bits per heavy atom. The largest absolute Gasteiger partial charge is 0.383 e. The van der Waals surface area contributed by atoms with Crippen molar-refractivity contribution in [3.63, 3.8) is 0 Å². The molecule has 0 radical (unpaired) electrons. The standard InChI is InChI=1S/C13H18N4O/c1-10(2)11-4-5-12(14-8-11)13-9-17(16-15-13)6-7-18-3/h4-5,8-10H,6-7H2,1-3H3. The molecule has 0 saturated carbocycles. The number of rotatable bonds is 5. The van der Waals surface area contributed by atoms with E-state index >= 15 is 0 Å². The Morgan fingerprint density at radius 3 is 2.72 bits per heavy atom. The fraction of sp³-hybridized carbons (Fsp3) is 0.462. The lowest BCUT2D eigenvalue weighted by atomic mass is 10.1. The minimum Gasteiger partial charge on any atom is -0.383 e. The van der Waals surface area contributed by atoms with Gasteiger partial charge in [0, 0.05) is 13.3 Å². The van der Waals surface area contributed by atoms with E-state index in [1.165, 1.54) is 5.56 Å². The van der Waals surface area contributed by atoms with Crippen LogP contribution in [0, 0.1) is 0 Å². The fourth-order valence-electron chi connectivity index (χ4n) is 1.61. The second-order valence-electron chi connectivity index (χ2n) is 4.49. The topological polar surface area (TPSA) is 52.8 Å². The summed E-state index contributed by atoms with van der Waals surface area (Å²) in [6.45, 7) is 5.63. The summed E-state index contributed by atoms with van der Waals surface area (Å²) in [6, 6.07) is 4.07. The number of hydrogen-bond donors (Lipinski definition) is 0. The molecule has 0 spiro atoms. The monoisotopic (exact) mass is 246 g/mol. The summed E-state index contributed by atoms with van der Waals surface area (Å²) in [6.07, 6.45) is 3.78. The molecule has 5 heteroatoms. The van der Waals surface area contributed by atoms with Gasteiger partial charge < -0.3 is 4.74 Å². The molecule has 0 amide bonds. The van der Waals surface area contributed by atoms with Gasteiger partial charge in [0.1, 0.15) is 5.69 Å². The van der Waals surface area contributed by atoms with Gasteiger partial charge >= 0.3 is 0 Å². The van der Waals surface area contributed by atoms with E-state index in [9.17, 15) is 0 Å².